The molecule has 13 heavy (non-hydrogen) atoms. The molecule has 0 aromatic rings. The van der Waals surface area contributed by atoms with E-state index < -0.39 is 0 Å². The Morgan fingerprint density at radius 1 is 0.769 bits per heavy atom. The zero-order chi connectivity index (χ0) is 9.83. The molecule has 0 atom stereocenters. The smallest absolute Gasteiger partial charge is 0.0300 e. The Kier molecular flexibility index (Phi) is 6.75. The highest BCUT2D eigenvalue weighted by atomic mass is 14.3. The third-order valence-corrected chi connectivity index (χ3v) is 3.16. The van der Waals surface area contributed by atoms with Gasteiger partial charge in [0.15, 0.2) is 0 Å². The summed E-state index contributed by atoms with van der Waals surface area (Å²) < 4.78 is 0. The molecule has 0 aromatic carbocycles. The van der Waals surface area contributed by atoms with E-state index in [9.17, 15) is 0 Å². The van der Waals surface area contributed by atoms with E-state index in [4.69, 9.17) is 0 Å². The van der Waals surface area contributed by atoms with Gasteiger partial charge in [0.1, 0.15) is 0 Å². The predicted molar refractivity (Wildman–Crippen MR) is 64.1 cm³/mol. The van der Waals surface area contributed by atoms with Crippen LogP contribution in [0.25, 0.3) is 0 Å². The Morgan fingerprint density at radius 3 is 1.15 bits per heavy atom. The lowest BCUT2D eigenvalue weighted by Gasteiger charge is -2.36. The van der Waals surface area contributed by atoms with E-state index in [1.807, 2.05) is 0 Å². The highest BCUT2D eigenvalue weighted by Crippen LogP contribution is 2.41. The Labute approximate surface area is 86.1 Å². The molecule has 0 heterocycles. The summed E-state index contributed by atoms with van der Waals surface area (Å²) in [6, 6.07) is 0. The van der Waals surface area contributed by atoms with Gasteiger partial charge < -0.3 is 0 Å². The van der Waals surface area contributed by atoms with Gasteiger partial charge in [0.25, 0.3) is 0 Å². The Balaban J connectivity index is 0. The molecule has 0 heteroatoms. The average Bonchev–Trinajstić information content (AvgIpc) is 1.99. The SMILES string of the molecule is C.CCC(CC)(CC)CC(C)(C)C. The third kappa shape index (κ3) is 5.33. The molecular formula is C13H30. The molecule has 0 fully saturated rings. The van der Waals surface area contributed by atoms with Crippen molar-refractivity contribution in [1.82, 2.24) is 0 Å². The van der Waals surface area contributed by atoms with Crippen molar-refractivity contribution < 1.29 is 0 Å². The van der Waals surface area contributed by atoms with Gasteiger partial charge in [0, 0.05) is 0 Å². The van der Waals surface area contributed by atoms with Crippen molar-refractivity contribution in [3.8, 4) is 0 Å². The van der Waals surface area contributed by atoms with Crippen LogP contribution in [0.3, 0.4) is 0 Å². The topological polar surface area (TPSA) is 0 Å². The van der Waals surface area contributed by atoms with Gasteiger partial charge in [-0.05, 0) is 17.3 Å². The Hall–Kier alpha value is 0. The average molecular weight is 186 g/mol. The van der Waals surface area contributed by atoms with Crippen LogP contribution in [-0.2, 0) is 0 Å². The highest BCUT2D eigenvalue weighted by molar-refractivity contribution is 4.80. The van der Waals surface area contributed by atoms with Gasteiger partial charge in [-0.3, -0.25) is 0 Å². The Morgan fingerprint density at radius 2 is 1.08 bits per heavy atom. The van der Waals surface area contributed by atoms with Crippen molar-refractivity contribution in [2.24, 2.45) is 10.8 Å². The summed E-state index contributed by atoms with van der Waals surface area (Å²) in [5.74, 6) is 0. The molecule has 0 aliphatic carbocycles. The lowest BCUT2D eigenvalue weighted by Crippen LogP contribution is -2.24. The molecule has 0 radical (unpaired) electrons. The quantitative estimate of drug-likeness (QED) is 0.560. The minimum atomic E-state index is 0. The number of hydrogen-bond acceptors (Lipinski definition) is 0. The molecule has 0 rings (SSSR count). The second-order valence-electron chi connectivity index (χ2n) is 5.30. The maximum Gasteiger partial charge on any atom is -0.0300 e. The zero-order valence-corrected chi connectivity index (χ0v) is 9.83. The molecule has 0 spiro atoms. The standard InChI is InChI=1S/C12H26.CH4/c1-7-12(8-2,9-3)10-11(4,5)6;/h7-10H2,1-6H3;1H4. The summed E-state index contributed by atoms with van der Waals surface area (Å²) in [6.45, 7) is 14.0. The van der Waals surface area contributed by atoms with E-state index in [0.29, 0.717) is 10.8 Å². The molecule has 0 nitrogen and oxygen atoms in total. The van der Waals surface area contributed by atoms with Gasteiger partial charge in [-0.2, -0.15) is 0 Å². The fraction of sp³-hybridized carbons (Fsp3) is 1.00. The first-order valence-corrected chi connectivity index (χ1v) is 5.39. The van der Waals surface area contributed by atoms with Crippen LogP contribution in [-0.4, -0.2) is 0 Å². The molecule has 0 N–H and O–H groups in total. The molecule has 0 saturated carbocycles. The summed E-state index contributed by atoms with van der Waals surface area (Å²) >= 11 is 0. The van der Waals surface area contributed by atoms with E-state index in [1.54, 1.807) is 0 Å². The van der Waals surface area contributed by atoms with Crippen LogP contribution in [0.5, 0.6) is 0 Å². The molecule has 0 bridgehead atoms. The second kappa shape index (κ2) is 5.67. The summed E-state index contributed by atoms with van der Waals surface area (Å²) in [7, 11) is 0. The number of hydrogen-bond donors (Lipinski definition) is 0. The fourth-order valence-corrected chi connectivity index (χ4v) is 2.25. The molecule has 82 valence electrons. The van der Waals surface area contributed by atoms with Gasteiger partial charge in [-0.15, -0.1) is 0 Å². The van der Waals surface area contributed by atoms with Crippen LogP contribution in [0.4, 0.5) is 0 Å². The third-order valence-electron chi connectivity index (χ3n) is 3.16. The van der Waals surface area contributed by atoms with Gasteiger partial charge in [-0.25, -0.2) is 0 Å². The molecule has 0 aliphatic heterocycles. The summed E-state index contributed by atoms with van der Waals surface area (Å²) in [5, 5.41) is 0. The normalized spacial score (nSPS) is 12.5. The van der Waals surface area contributed by atoms with E-state index >= 15 is 0 Å². The van der Waals surface area contributed by atoms with E-state index in [2.05, 4.69) is 41.5 Å². The van der Waals surface area contributed by atoms with Gasteiger partial charge in [0.2, 0.25) is 0 Å². The first-order chi connectivity index (χ1) is 5.39. The fourth-order valence-electron chi connectivity index (χ4n) is 2.25. The summed E-state index contributed by atoms with van der Waals surface area (Å²) in [6.07, 6.45) is 5.36. The Bertz CT molecular complexity index is 104. The van der Waals surface area contributed by atoms with Crippen LogP contribution in [0.15, 0.2) is 0 Å². The summed E-state index contributed by atoms with van der Waals surface area (Å²) in [4.78, 5) is 0. The van der Waals surface area contributed by atoms with Crippen LogP contribution in [0, 0.1) is 10.8 Å². The predicted octanol–water partition coefficient (Wildman–Crippen LogP) is 5.28. The van der Waals surface area contributed by atoms with E-state index in [0.717, 1.165) is 0 Å². The van der Waals surface area contributed by atoms with Gasteiger partial charge in [-0.1, -0.05) is 68.2 Å². The molecular weight excluding hydrogens is 156 g/mol. The molecule has 0 saturated heterocycles. The largest absolute Gasteiger partial charge is 0.0776 e. The second-order valence-corrected chi connectivity index (χ2v) is 5.30. The van der Waals surface area contributed by atoms with Crippen molar-refractivity contribution in [2.75, 3.05) is 0 Å². The first kappa shape index (κ1) is 15.5. The molecule has 0 amide bonds. The molecule has 0 aliphatic rings. The van der Waals surface area contributed by atoms with Crippen molar-refractivity contribution >= 4 is 0 Å². The molecule has 0 aromatic heterocycles. The van der Waals surface area contributed by atoms with Crippen LogP contribution >= 0.6 is 0 Å². The van der Waals surface area contributed by atoms with Gasteiger partial charge in [0.05, 0.1) is 0 Å². The van der Waals surface area contributed by atoms with Crippen LogP contribution in [0.2, 0.25) is 0 Å². The van der Waals surface area contributed by atoms with Crippen LogP contribution < -0.4 is 0 Å². The zero-order valence-electron chi connectivity index (χ0n) is 9.83. The maximum absolute atomic E-state index is 2.35. The van der Waals surface area contributed by atoms with E-state index in [-0.39, 0.29) is 7.43 Å². The molecule has 0 unspecified atom stereocenters. The minimum absolute atomic E-state index is 0. The van der Waals surface area contributed by atoms with Crippen molar-refractivity contribution in [1.29, 1.82) is 0 Å². The highest BCUT2D eigenvalue weighted by Gasteiger charge is 2.29. The number of rotatable bonds is 4. The monoisotopic (exact) mass is 186 g/mol. The lowest BCUT2D eigenvalue weighted by atomic mass is 9.69. The lowest BCUT2D eigenvalue weighted by molar-refractivity contribution is 0.149. The van der Waals surface area contributed by atoms with Crippen molar-refractivity contribution in [2.45, 2.75) is 74.7 Å². The van der Waals surface area contributed by atoms with Crippen molar-refractivity contribution in [3.05, 3.63) is 0 Å². The minimum Gasteiger partial charge on any atom is -0.0776 e. The maximum atomic E-state index is 2.35. The van der Waals surface area contributed by atoms with Gasteiger partial charge >= 0.3 is 0 Å². The van der Waals surface area contributed by atoms with E-state index in [1.165, 1.54) is 25.7 Å². The first-order valence-electron chi connectivity index (χ1n) is 5.39. The van der Waals surface area contributed by atoms with Crippen LogP contribution in [0.1, 0.15) is 74.7 Å². The van der Waals surface area contributed by atoms with Crippen molar-refractivity contribution in [3.63, 3.8) is 0 Å². The summed E-state index contributed by atoms with van der Waals surface area (Å²) in [5.41, 5.74) is 1.10.